The van der Waals surface area contributed by atoms with Crippen LogP contribution >= 0.6 is 11.3 Å². The summed E-state index contributed by atoms with van der Waals surface area (Å²) in [5.41, 5.74) is 0.217. The third-order valence-electron chi connectivity index (χ3n) is 3.34. The molecule has 0 N–H and O–H groups in total. The van der Waals surface area contributed by atoms with Crippen LogP contribution in [0.4, 0.5) is 8.89 Å². The standard InChI is InChI=1S/C13H16FNO5S2/c1-3-8-5-10(13(17)20-4-2)12(21-8)15-7-9(6-11(15)16)22(14,18)19/h5,9H,3-4,6-7H2,1-2H3. The van der Waals surface area contributed by atoms with Crippen molar-refractivity contribution in [2.24, 2.45) is 0 Å². The topological polar surface area (TPSA) is 80.8 Å². The molecule has 0 bridgehead atoms. The molecule has 1 fully saturated rings. The Morgan fingerprint density at radius 3 is 2.68 bits per heavy atom. The van der Waals surface area contributed by atoms with E-state index in [-0.39, 0.29) is 18.7 Å². The van der Waals surface area contributed by atoms with E-state index in [0.29, 0.717) is 11.4 Å². The number of anilines is 1. The van der Waals surface area contributed by atoms with E-state index < -0.39 is 33.8 Å². The molecule has 2 heterocycles. The van der Waals surface area contributed by atoms with E-state index in [1.54, 1.807) is 13.0 Å². The number of halogens is 1. The van der Waals surface area contributed by atoms with Gasteiger partial charge >= 0.3 is 16.2 Å². The lowest BCUT2D eigenvalue weighted by Crippen LogP contribution is -2.27. The van der Waals surface area contributed by atoms with Gasteiger partial charge in [-0.25, -0.2) is 4.79 Å². The molecule has 1 aromatic heterocycles. The number of hydrogen-bond acceptors (Lipinski definition) is 6. The Kier molecular flexibility index (Phi) is 4.86. The smallest absolute Gasteiger partial charge is 0.341 e. The Morgan fingerprint density at radius 1 is 1.50 bits per heavy atom. The Labute approximate surface area is 132 Å². The highest BCUT2D eigenvalue weighted by atomic mass is 32.3. The van der Waals surface area contributed by atoms with Gasteiger partial charge < -0.3 is 9.64 Å². The first kappa shape index (κ1) is 16.9. The molecule has 1 aliphatic rings. The monoisotopic (exact) mass is 349 g/mol. The van der Waals surface area contributed by atoms with Gasteiger partial charge in [0.1, 0.15) is 10.3 Å². The van der Waals surface area contributed by atoms with Crippen LogP contribution < -0.4 is 4.90 Å². The maximum Gasteiger partial charge on any atom is 0.341 e. The van der Waals surface area contributed by atoms with Crippen molar-refractivity contribution < 1.29 is 26.6 Å². The summed E-state index contributed by atoms with van der Waals surface area (Å²) in [6.07, 6.45) is 0.240. The first-order chi connectivity index (χ1) is 10.3. The molecule has 0 saturated carbocycles. The van der Waals surface area contributed by atoms with Crippen molar-refractivity contribution in [3.05, 3.63) is 16.5 Å². The van der Waals surface area contributed by atoms with Crippen LogP contribution in [0.2, 0.25) is 0 Å². The van der Waals surface area contributed by atoms with Gasteiger partial charge in [-0.05, 0) is 19.4 Å². The van der Waals surface area contributed by atoms with Gasteiger partial charge in [-0.3, -0.25) is 4.79 Å². The van der Waals surface area contributed by atoms with Gasteiger partial charge in [0.25, 0.3) is 0 Å². The second-order valence-electron chi connectivity index (χ2n) is 4.81. The highest BCUT2D eigenvalue weighted by Crippen LogP contribution is 2.36. The highest BCUT2D eigenvalue weighted by molar-refractivity contribution is 7.87. The molecule has 1 aromatic rings. The molecule has 9 heteroatoms. The molecule has 0 aromatic carbocycles. The normalized spacial score (nSPS) is 18.8. The van der Waals surface area contributed by atoms with Gasteiger partial charge in [-0.2, -0.15) is 8.42 Å². The minimum absolute atomic E-state index is 0.186. The summed E-state index contributed by atoms with van der Waals surface area (Å²) in [4.78, 5) is 26.0. The Morgan fingerprint density at radius 2 is 2.18 bits per heavy atom. The lowest BCUT2D eigenvalue weighted by molar-refractivity contribution is -0.117. The summed E-state index contributed by atoms with van der Waals surface area (Å²) >= 11 is 1.21. The number of esters is 1. The number of amides is 1. The van der Waals surface area contributed by atoms with E-state index in [9.17, 15) is 21.9 Å². The molecule has 22 heavy (non-hydrogen) atoms. The van der Waals surface area contributed by atoms with Gasteiger partial charge in [0.2, 0.25) is 5.91 Å². The van der Waals surface area contributed by atoms with Crippen molar-refractivity contribution in [2.45, 2.75) is 31.9 Å². The van der Waals surface area contributed by atoms with Crippen molar-refractivity contribution in [3.8, 4) is 0 Å². The molecule has 122 valence electrons. The molecule has 2 rings (SSSR count). The fraction of sp³-hybridized carbons (Fsp3) is 0.538. The number of carbonyl (C=O) groups is 2. The maximum absolute atomic E-state index is 13.1. The van der Waals surface area contributed by atoms with E-state index in [4.69, 9.17) is 4.74 Å². The van der Waals surface area contributed by atoms with E-state index >= 15 is 0 Å². The number of nitrogens with zero attached hydrogens (tertiary/aromatic N) is 1. The Hall–Kier alpha value is -1.48. The zero-order valence-electron chi connectivity index (χ0n) is 12.2. The zero-order chi connectivity index (χ0) is 16.5. The summed E-state index contributed by atoms with van der Waals surface area (Å²) in [7, 11) is -4.79. The van der Waals surface area contributed by atoms with Gasteiger partial charge in [0, 0.05) is 17.8 Å². The molecule has 1 saturated heterocycles. The van der Waals surface area contributed by atoms with E-state index in [0.717, 1.165) is 9.78 Å². The number of ether oxygens (including phenoxy) is 1. The number of thiophene rings is 1. The third kappa shape index (κ3) is 3.30. The lowest BCUT2D eigenvalue weighted by Gasteiger charge is -2.15. The van der Waals surface area contributed by atoms with E-state index in [2.05, 4.69) is 0 Å². The van der Waals surface area contributed by atoms with Crippen molar-refractivity contribution >= 4 is 38.4 Å². The zero-order valence-corrected chi connectivity index (χ0v) is 13.8. The van der Waals surface area contributed by atoms with Crippen molar-refractivity contribution in [1.29, 1.82) is 0 Å². The fourth-order valence-corrected chi connectivity index (χ4v) is 4.00. The molecule has 0 radical (unpaired) electrons. The van der Waals surface area contributed by atoms with Crippen LogP contribution in [-0.4, -0.2) is 38.7 Å². The molecule has 1 aliphatic heterocycles. The van der Waals surface area contributed by atoms with E-state index in [1.807, 2.05) is 6.92 Å². The molecule has 6 nitrogen and oxygen atoms in total. The van der Waals surface area contributed by atoms with Crippen LogP contribution in [0.1, 0.15) is 35.5 Å². The lowest BCUT2D eigenvalue weighted by atomic mass is 10.2. The SMILES string of the molecule is CCOC(=O)c1cc(CC)sc1N1CC(S(=O)(=O)F)CC1=O. The first-order valence-corrected chi connectivity index (χ1v) is 9.07. The van der Waals surface area contributed by atoms with Crippen molar-refractivity contribution in [1.82, 2.24) is 0 Å². The fourth-order valence-electron chi connectivity index (χ4n) is 2.22. The molecular formula is C13H16FNO5S2. The second-order valence-corrected chi connectivity index (χ2v) is 7.54. The van der Waals surface area contributed by atoms with Gasteiger partial charge in [0.15, 0.2) is 0 Å². The average molecular weight is 349 g/mol. The van der Waals surface area contributed by atoms with Gasteiger partial charge in [0.05, 0.1) is 12.2 Å². The van der Waals surface area contributed by atoms with E-state index in [1.165, 1.54) is 11.3 Å². The summed E-state index contributed by atoms with van der Waals surface area (Å²) in [6.45, 7) is 3.46. The second kappa shape index (κ2) is 6.33. The maximum atomic E-state index is 13.1. The number of hydrogen-bond donors (Lipinski definition) is 0. The predicted octanol–water partition coefficient (Wildman–Crippen LogP) is 1.89. The minimum atomic E-state index is -4.79. The van der Waals surface area contributed by atoms with Crippen LogP contribution in [-0.2, 0) is 26.2 Å². The molecule has 1 unspecified atom stereocenters. The quantitative estimate of drug-likeness (QED) is 0.599. The van der Waals surface area contributed by atoms with Gasteiger partial charge in [-0.15, -0.1) is 15.2 Å². The third-order valence-corrected chi connectivity index (χ3v) is 5.75. The summed E-state index contributed by atoms with van der Waals surface area (Å²) in [6, 6.07) is 1.63. The number of rotatable bonds is 5. The molecule has 0 aliphatic carbocycles. The van der Waals surface area contributed by atoms with Crippen molar-refractivity contribution in [2.75, 3.05) is 18.1 Å². The Bertz CT molecular complexity index is 697. The summed E-state index contributed by atoms with van der Waals surface area (Å²) < 4.78 is 40.1. The number of aryl methyl sites for hydroxylation is 1. The molecular weight excluding hydrogens is 333 g/mol. The summed E-state index contributed by atoms with van der Waals surface area (Å²) in [5, 5.41) is -1.06. The highest BCUT2D eigenvalue weighted by Gasteiger charge is 2.41. The minimum Gasteiger partial charge on any atom is -0.462 e. The largest absolute Gasteiger partial charge is 0.462 e. The number of carbonyl (C=O) groups excluding carboxylic acids is 2. The average Bonchev–Trinajstić information content (AvgIpc) is 3.01. The molecule has 0 spiro atoms. The van der Waals surface area contributed by atoms with Crippen LogP contribution in [0.15, 0.2) is 6.07 Å². The predicted molar refractivity (Wildman–Crippen MR) is 80.4 cm³/mol. The van der Waals surface area contributed by atoms with Gasteiger partial charge in [-0.1, -0.05) is 6.92 Å². The van der Waals surface area contributed by atoms with Crippen LogP contribution in [0.25, 0.3) is 0 Å². The molecule has 1 atom stereocenters. The first-order valence-electron chi connectivity index (χ1n) is 6.81. The summed E-state index contributed by atoms with van der Waals surface area (Å²) in [5.74, 6) is -1.09. The van der Waals surface area contributed by atoms with Crippen LogP contribution in [0, 0.1) is 0 Å². The van der Waals surface area contributed by atoms with Crippen molar-refractivity contribution in [3.63, 3.8) is 0 Å². The van der Waals surface area contributed by atoms with Crippen LogP contribution in [0.5, 0.6) is 0 Å². The Balaban J connectivity index is 2.38. The van der Waals surface area contributed by atoms with Crippen LogP contribution in [0.3, 0.4) is 0 Å². The molecule has 1 amide bonds.